The Morgan fingerprint density at radius 2 is 1.95 bits per heavy atom. The van der Waals surface area contributed by atoms with E-state index < -0.39 is 0 Å². The van der Waals surface area contributed by atoms with Gasteiger partial charge in [0.05, 0.1) is 11.3 Å². The van der Waals surface area contributed by atoms with Crippen molar-refractivity contribution in [3.8, 4) is 5.88 Å². The third kappa shape index (κ3) is 2.79. The molecule has 0 fully saturated rings. The van der Waals surface area contributed by atoms with Gasteiger partial charge in [0.1, 0.15) is 0 Å². The number of hydrogen-bond donors (Lipinski definition) is 2. The molecule has 0 radical (unpaired) electrons. The molecule has 0 aliphatic carbocycles. The summed E-state index contributed by atoms with van der Waals surface area (Å²) in [5.41, 5.74) is 3.72. The topological polar surface area (TPSA) is 48.4 Å². The SMILES string of the molecule is CC(C)c1ccccc1N=Cc1c(O)[nH]c2ccc(Br)cc12. The van der Waals surface area contributed by atoms with Crippen LogP contribution in [0.4, 0.5) is 5.69 Å². The number of aromatic nitrogens is 1. The molecule has 0 bridgehead atoms. The van der Waals surface area contributed by atoms with Crippen LogP contribution in [0.15, 0.2) is 51.9 Å². The predicted octanol–water partition coefficient (Wildman–Crippen LogP) is 5.51. The normalized spacial score (nSPS) is 11.8. The number of nitrogens with one attached hydrogen (secondary N) is 1. The molecule has 2 aromatic carbocycles. The standard InChI is InChI=1S/C18H17BrN2O/c1-11(2)13-5-3-4-6-16(13)20-10-15-14-9-12(19)7-8-17(14)21-18(15)22/h3-11,21-22H,1-2H3. The van der Waals surface area contributed by atoms with Crippen LogP contribution >= 0.6 is 15.9 Å². The summed E-state index contributed by atoms with van der Waals surface area (Å²) >= 11 is 3.46. The maximum atomic E-state index is 10.1. The molecule has 112 valence electrons. The van der Waals surface area contributed by atoms with Crippen LogP contribution in [0, 0.1) is 0 Å². The minimum atomic E-state index is 0.138. The molecule has 3 rings (SSSR count). The van der Waals surface area contributed by atoms with E-state index in [1.165, 1.54) is 5.56 Å². The third-order valence-corrected chi connectivity index (χ3v) is 4.16. The highest BCUT2D eigenvalue weighted by Gasteiger charge is 2.10. The van der Waals surface area contributed by atoms with Crippen LogP contribution in [0.1, 0.15) is 30.9 Å². The molecule has 2 N–H and O–H groups in total. The Morgan fingerprint density at radius 3 is 2.73 bits per heavy atom. The molecular formula is C18H17BrN2O. The zero-order valence-corrected chi connectivity index (χ0v) is 14.1. The fourth-order valence-electron chi connectivity index (χ4n) is 2.53. The van der Waals surface area contributed by atoms with Gasteiger partial charge in [-0.15, -0.1) is 0 Å². The van der Waals surface area contributed by atoms with Crippen molar-refractivity contribution in [1.29, 1.82) is 0 Å². The highest BCUT2D eigenvalue weighted by molar-refractivity contribution is 9.10. The summed E-state index contributed by atoms with van der Waals surface area (Å²) < 4.78 is 0.969. The van der Waals surface area contributed by atoms with Crippen LogP contribution < -0.4 is 0 Å². The fraction of sp³-hybridized carbons (Fsp3) is 0.167. The summed E-state index contributed by atoms with van der Waals surface area (Å²) in [4.78, 5) is 7.56. The average Bonchev–Trinajstić information content (AvgIpc) is 2.80. The van der Waals surface area contributed by atoms with E-state index in [9.17, 15) is 5.11 Å². The molecule has 0 amide bonds. The zero-order valence-electron chi connectivity index (χ0n) is 12.5. The van der Waals surface area contributed by atoms with Crippen molar-refractivity contribution in [2.45, 2.75) is 19.8 Å². The van der Waals surface area contributed by atoms with Gasteiger partial charge in [-0.3, -0.25) is 4.99 Å². The molecule has 1 aromatic heterocycles. The first-order chi connectivity index (χ1) is 10.6. The molecule has 4 heteroatoms. The van der Waals surface area contributed by atoms with Crippen molar-refractivity contribution in [2.75, 3.05) is 0 Å². The molecule has 0 saturated heterocycles. The second-order valence-corrected chi connectivity index (χ2v) is 6.46. The number of aromatic amines is 1. The summed E-state index contributed by atoms with van der Waals surface area (Å²) in [6.45, 7) is 4.29. The second kappa shape index (κ2) is 5.97. The first-order valence-corrected chi connectivity index (χ1v) is 7.98. The van der Waals surface area contributed by atoms with Gasteiger partial charge in [-0.05, 0) is 35.7 Å². The molecule has 0 spiro atoms. The van der Waals surface area contributed by atoms with E-state index in [1.54, 1.807) is 6.21 Å². The van der Waals surface area contributed by atoms with Gasteiger partial charge >= 0.3 is 0 Å². The third-order valence-electron chi connectivity index (χ3n) is 3.67. The minimum Gasteiger partial charge on any atom is -0.494 e. The number of para-hydroxylation sites is 1. The largest absolute Gasteiger partial charge is 0.494 e. The Labute approximate surface area is 137 Å². The molecule has 1 heterocycles. The fourth-order valence-corrected chi connectivity index (χ4v) is 2.89. The van der Waals surface area contributed by atoms with Gasteiger partial charge in [-0.2, -0.15) is 0 Å². The van der Waals surface area contributed by atoms with Crippen molar-refractivity contribution in [2.24, 2.45) is 4.99 Å². The lowest BCUT2D eigenvalue weighted by molar-refractivity contribution is 0.457. The Morgan fingerprint density at radius 1 is 1.18 bits per heavy atom. The van der Waals surface area contributed by atoms with Crippen LogP contribution in [-0.2, 0) is 0 Å². The predicted molar refractivity (Wildman–Crippen MR) is 95.4 cm³/mol. The number of benzene rings is 2. The molecule has 0 unspecified atom stereocenters. The lowest BCUT2D eigenvalue weighted by atomic mass is 10.0. The van der Waals surface area contributed by atoms with E-state index in [0.717, 1.165) is 21.1 Å². The summed E-state index contributed by atoms with van der Waals surface area (Å²) in [6.07, 6.45) is 1.72. The monoisotopic (exact) mass is 356 g/mol. The van der Waals surface area contributed by atoms with Crippen LogP contribution in [0.3, 0.4) is 0 Å². The van der Waals surface area contributed by atoms with Crippen LogP contribution in [-0.4, -0.2) is 16.3 Å². The lowest BCUT2D eigenvalue weighted by Gasteiger charge is -2.08. The maximum Gasteiger partial charge on any atom is 0.198 e. The van der Waals surface area contributed by atoms with Crippen LogP contribution in [0.5, 0.6) is 5.88 Å². The number of halogens is 1. The van der Waals surface area contributed by atoms with Gasteiger partial charge in [0, 0.05) is 21.6 Å². The summed E-state index contributed by atoms with van der Waals surface area (Å²) in [5, 5.41) is 11.1. The second-order valence-electron chi connectivity index (χ2n) is 5.55. The molecule has 3 nitrogen and oxygen atoms in total. The van der Waals surface area contributed by atoms with Crippen molar-refractivity contribution in [1.82, 2.24) is 4.98 Å². The van der Waals surface area contributed by atoms with Gasteiger partial charge in [0.25, 0.3) is 0 Å². The number of H-pyrrole nitrogens is 1. The van der Waals surface area contributed by atoms with Gasteiger partial charge in [0.15, 0.2) is 5.88 Å². The van der Waals surface area contributed by atoms with Crippen molar-refractivity contribution < 1.29 is 5.11 Å². The Bertz CT molecular complexity index is 849. The maximum absolute atomic E-state index is 10.1. The molecule has 3 aromatic rings. The van der Waals surface area contributed by atoms with Crippen LogP contribution in [0.25, 0.3) is 10.9 Å². The highest BCUT2D eigenvalue weighted by Crippen LogP contribution is 2.30. The van der Waals surface area contributed by atoms with E-state index in [0.29, 0.717) is 11.5 Å². The highest BCUT2D eigenvalue weighted by atomic mass is 79.9. The van der Waals surface area contributed by atoms with Gasteiger partial charge in [-0.1, -0.05) is 48.0 Å². The van der Waals surface area contributed by atoms with E-state index in [4.69, 9.17) is 0 Å². The summed E-state index contributed by atoms with van der Waals surface area (Å²) in [6, 6.07) is 13.9. The minimum absolute atomic E-state index is 0.138. The molecule has 0 atom stereocenters. The van der Waals surface area contributed by atoms with Gasteiger partial charge in [-0.25, -0.2) is 0 Å². The van der Waals surface area contributed by atoms with Crippen LogP contribution in [0.2, 0.25) is 0 Å². The van der Waals surface area contributed by atoms with Gasteiger partial charge in [0.2, 0.25) is 0 Å². The number of hydrogen-bond acceptors (Lipinski definition) is 2. The van der Waals surface area contributed by atoms with Crippen molar-refractivity contribution >= 4 is 38.7 Å². The number of rotatable bonds is 3. The Balaban J connectivity index is 2.07. The van der Waals surface area contributed by atoms with E-state index in [-0.39, 0.29) is 5.88 Å². The molecule has 22 heavy (non-hydrogen) atoms. The molecule has 0 saturated carbocycles. The van der Waals surface area contributed by atoms with E-state index in [1.807, 2.05) is 36.4 Å². The molecular weight excluding hydrogens is 340 g/mol. The summed E-state index contributed by atoms with van der Waals surface area (Å²) in [5.74, 6) is 0.540. The smallest absolute Gasteiger partial charge is 0.198 e. The number of fused-ring (bicyclic) bond motifs is 1. The molecule has 0 aliphatic rings. The number of nitrogens with zero attached hydrogens (tertiary/aromatic N) is 1. The number of aromatic hydroxyl groups is 1. The zero-order chi connectivity index (χ0) is 15.7. The summed E-state index contributed by atoms with van der Waals surface area (Å²) in [7, 11) is 0. The Kier molecular flexibility index (Phi) is 4.03. The van der Waals surface area contributed by atoms with Crippen molar-refractivity contribution in [3.05, 3.63) is 58.1 Å². The van der Waals surface area contributed by atoms with E-state index in [2.05, 4.69) is 45.8 Å². The molecule has 0 aliphatic heterocycles. The average molecular weight is 357 g/mol. The number of aliphatic imine (C=N–C) groups is 1. The quantitative estimate of drug-likeness (QED) is 0.597. The van der Waals surface area contributed by atoms with Crippen molar-refractivity contribution in [3.63, 3.8) is 0 Å². The first-order valence-electron chi connectivity index (χ1n) is 7.19. The lowest BCUT2D eigenvalue weighted by Crippen LogP contribution is -1.88. The first kappa shape index (κ1) is 14.9. The van der Waals surface area contributed by atoms with E-state index >= 15 is 0 Å². The van der Waals surface area contributed by atoms with Gasteiger partial charge < -0.3 is 10.1 Å². The Hall–Kier alpha value is -2.07.